The standard InChI is InChI=1S/C17H18N2O5/c1-11-8-9-13(14(10-11)19(21)22)18-17(20)12(2)24-16-7-5-4-6-15(16)23-3/h4-10,12H,1-3H3,(H,18,20). The van der Waals surface area contributed by atoms with Gasteiger partial charge >= 0.3 is 0 Å². The molecule has 2 aromatic rings. The molecule has 2 aromatic carbocycles. The molecule has 0 saturated heterocycles. The van der Waals surface area contributed by atoms with Crippen LogP contribution >= 0.6 is 0 Å². The van der Waals surface area contributed by atoms with Gasteiger partial charge in [-0.15, -0.1) is 0 Å². The summed E-state index contributed by atoms with van der Waals surface area (Å²) in [6.45, 7) is 3.30. The molecular weight excluding hydrogens is 312 g/mol. The van der Waals surface area contributed by atoms with Gasteiger partial charge in [0, 0.05) is 6.07 Å². The number of para-hydroxylation sites is 2. The number of nitrogens with zero attached hydrogens (tertiary/aromatic N) is 1. The molecule has 0 spiro atoms. The van der Waals surface area contributed by atoms with Gasteiger partial charge in [-0.05, 0) is 37.6 Å². The van der Waals surface area contributed by atoms with Crippen LogP contribution in [0.5, 0.6) is 11.5 Å². The Morgan fingerprint density at radius 3 is 2.50 bits per heavy atom. The summed E-state index contributed by atoms with van der Waals surface area (Å²) in [4.78, 5) is 22.8. The van der Waals surface area contributed by atoms with Crippen LogP contribution in [0.4, 0.5) is 11.4 Å². The van der Waals surface area contributed by atoms with Crippen molar-refractivity contribution in [2.75, 3.05) is 12.4 Å². The van der Waals surface area contributed by atoms with Crippen LogP contribution in [0, 0.1) is 17.0 Å². The van der Waals surface area contributed by atoms with Gasteiger partial charge in [0.15, 0.2) is 17.6 Å². The van der Waals surface area contributed by atoms with E-state index in [2.05, 4.69) is 5.32 Å². The maximum Gasteiger partial charge on any atom is 0.293 e. The summed E-state index contributed by atoms with van der Waals surface area (Å²) in [6.07, 6.45) is -0.859. The van der Waals surface area contributed by atoms with E-state index in [1.807, 2.05) is 0 Å². The molecule has 1 amide bonds. The highest BCUT2D eigenvalue weighted by atomic mass is 16.6. The number of nitro benzene ring substituents is 1. The van der Waals surface area contributed by atoms with Gasteiger partial charge in [-0.2, -0.15) is 0 Å². The third-order valence-corrected chi connectivity index (χ3v) is 3.35. The van der Waals surface area contributed by atoms with Crippen LogP contribution in [0.1, 0.15) is 12.5 Å². The lowest BCUT2D eigenvalue weighted by Gasteiger charge is -2.16. The van der Waals surface area contributed by atoms with E-state index in [1.165, 1.54) is 19.2 Å². The molecule has 24 heavy (non-hydrogen) atoms. The quantitative estimate of drug-likeness (QED) is 0.648. The van der Waals surface area contributed by atoms with E-state index in [9.17, 15) is 14.9 Å². The zero-order valence-corrected chi connectivity index (χ0v) is 13.6. The van der Waals surface area contributed by atoms with Crippen LogP contribution in [0.15, 0.2) is 42.5 Å². The number of anilines is 1. The highest BCUT2D eigenvalue weighted by Gasteiger charge is 2.21. The molecule has 0 bridgehead atoms. The molecule has 1 atom stereocenters. The number of rotatable bonds is 6. The smallest absolute Gasteiger partial charge is 0.293 e. The van der Waals surface area contributed by atoms with E-state index >= 15 is 0 Å². The van der Waals surface area contributed by atoms with Crippen molar-refractivity contribution in [1.29, 1.82) is 0 Å². The van der Waals surface area contributed by atoms with Gasteiger partial charge in [-0.25, -0.2) is 0 Å². The van der Waals surface area contributed by atoms with Crippen LogP contribution in [-0.4, -0.2) is 24.0 Å². The maximum atomic E-state index is 12.3. The largest absolute Gasteiger partial charge is 0.493 e. The molecule has 0 saturated carbocycles. The molecular formula is C17H18N2O5. The van der Waals surface area contributed by atoms with Crippen LogP contribution in [0.2, 0.25) is 0 Å². The molecule has 126 valence electrons. The molecule has 1 unspecified atom stereocenters. The Labute approximate surface area is 139 Å². The number of hydrogen-bond donors (Lipinski definition) is 1. The van der Waals surface area contributed by atoms with Crippen molar-refractivity contribution in [3.05, 3.63) is 58.1 Å². The lowest BCUT2D eigenvalue weighted by Crippen LogP contribution is -2.30. The number of nitro groups is 1. The van der Waals surface area contributed by atoms with Gasteiger partial charge in [0.1, 0.15) is 5.69 Å². The first-order chi connectivity index (χ1) is 11.4. The van der Waals surface area contributed by atoms with E-state index < -0.39 is 16.9 Å². The number of carbonyl (C=O) groups is 1. The van der Waals surface area contributed by atoms with Crippen LogP contribution in [0.3, 0.4) is 0 Å². The summed E-state index contributed by atoms with van der Waals surface area (Å²) < 4.78 is 10.7. The van der Waals surface area contributed by atoms with Crippen molar-refractivity contribution >= 4 is 17.3 Å². The number of nitrogens with one attached hydrogen (secondary N) is 1. The predicted molar refractivity (Wildman–Crippen MR) is 89.5 cm³/mol. The second kappa shape index (κ2) is 7.45. The van der Waals surface area contributed by atoms with Crippen molar-refractivity contribution < 1.29 is 19.2 Å². The molecule has 7 nitrogen and oxygen atoms in total. The predicted octanol–water partition coefficient (Wildman–Crippen LogP) is 3.32. The molecule has 0 aromatic heterocycles. The second-order valence-electron chi connectivity index (χ2n) is 5.18. The van der Waals surface area contributed by atoms with Gasteiger partial charge in [0.2, 0.25) is 0 Å². The Bertz CT molecular complexity index is 760. The van der Waals surface area contributed by atoms with E-state index in [4.69, 9.17) is 9.47 Å². The molecule has 2 rings (SSSR count). The monoisotopic (exact) mass is 330 g/mol. The van der Waals surface area contributed by atoms with E-state index in [1.54, 1.807) is 44.2 Å². The van der Waals surface area contributed by atoms with Crippen molar-refractivity contribution in [3.8, 4) is 11.5 Å². The van der Waals surface area contributed by atoms with E-state index in [0.29, 0.717) is 11.5 Å². The van der Waals surface area contributed by atoms with Gasteiger partial charge in [0.05, 0.1) is 12.0 Å². The number of aryl methyl sites for hydroxylation is 1. The second-order valence-corrected chi connectivity index (χ2v) is 5.18. The van der Waals surface area contributed by atoms with Gasteiger partial charge in [-0.3, -0.25) is 14.9 Å². The first-order valence-electron chi connectivity index (χ1n) is 7.28. The fraction of sp³-hybridized carbons (Fsp3) is 0.235. The third-order valence-electron chi connectivity index (χ3n) is 3.35. The minimum Gasteiger partial charge on any atom is -0.493 e. The Morgan fingerprint density at radius 2 is 1.88 bits per heavy atom. The minimum absolute atomic E-state index is 0.131. The first kappa shape index (κ1) is 17.3. The molecule has 0 heterocycles. The minimum atomic E-state index is -0.859. The maximum absolute atomic E-state index is 12.3. The molecule has 0 radical (unpaired) electrons. The fourth-order valence-electron chi connectivity index (χ4n) is 2.09. The fourth-order valence-corrected chi connectivity index (χ4v) is 2.09. The average Bonchev–Trinajstić information content (AvgIpc) is 2.56. The molecule has 0 fully saturated rings. The summed E-state index contributed by atoms with van der Waals surface area (Å²) in [5.74, 6) is 0.424. The van der Waals surface area contributed by atoms with Crippen molar-refractivity contribution in [1.82, 2.24) is 0 Å². The summed E-state index contributed by atoms with van der Waals surface area (Å²) in [7, 11) is 1.50. The summed E-state index contributed by atoms with van der Waals surface area (Å²) >= 11 is 0. The van der Waals surface area contributed by atoms with E-state index in [0.717, 1.165) is 5.56 Å². The summed E-state index contributed by atoms with van der Waals surface area (Å²) in [6, 6.07) is 11.5. The van der Waals surface area contributed by atoms with E-state index in [-0.39, 0.29) is 11.4 Å². The number of hydrogen-bond acceptors (Lipinski definition) is 5. The van der Waals surface area contributed by atoms with Crippen LogP contribution < -0.4 is 14.8 Å². The number of amides is 1. The molecule has 7 heteroatoms. The van der Waals surface area contributed by atoms with Crippen molar-refractivity contribution in [2.24, 2.45) is 0 Å². The Morgan fingerprint density at radius 1 is 1.21 bits per heavy atom. The topological polar surface area (TPSA) is 90.7 Å². The highest BCUT2D eigenvalue weighted by molar-refractivity contribution is 5.96. The Balaban J connectivity index is 2.14. The van der Waals surface area contributed by atoms with Crippen LogP contribution in [0.25, 0.3) is 0 Å². The summed E-state index contributed by atoms with van der Waals surface area (Å²) in [5, 5.41) is 13.6. The van der Waals surface area contributed by atoms with Gasteiger partial charge in [-0.1, -0.05) is 18.2 Å². The first-order valence-corrected chi connectivity index (χ1v) is 7.28. The number of ether oxygens (including phenoxy) is 2. The lowest BCUT2D eigenvalue weighted by molar-refractivity contribution is -0.384. The molecule has 0 aliphatic rings. The van der Waals surface area contributed by atoms with Crippen molar-refractivity contribution in [3.63, 3.8) is 0 Å². The number of carbonyl (C=O) groups excluding carboxylic acids is 1. The molecule has 0 aliphatic heterocycles. The highest BCUT2D eigenvalue weighted by Crippen LogP contribution is 2.28. The molecule has 0 aliphatic carbocycles. The lowest BCUT2D eigenvalue weighted by atomic mass is 10.2. The number of benzene rings is 2. The zero-order valence-electron chi connectivity index (χ0n) is 13.6. The van der Waals surface area contributed by atoms with Gasteiger partial charge in [0.25, 0.3) is 11.6 Å². The van der Waals surface area contributed by atoms with Crippen LogP contribution in [-0.2, 0) is 4.79 Å². The zero-order chi connectivity index (χ0) is 17.7. The normalized spacial score (nSPS) is 11.5. The third kappa shape index (κ3) is 4.01. The van der Waals surface area contributed by atoms with Crippen molar-refractivity contribution in [2.45, 2.75) is 20.0 Å². The Kier molecular flexibility index (Phi) is 5.36. The number of methoxy groups -OCH3 is 1. The molecule has 1 N–H and O–H groups in total. The Hall–Kier alpha value is -3.09. The SMILES string of the molecule is COc1ccccc1OC(C)C(=O)Nc1ccc(C)cc1[N+](=O)[O-]. The van der Waals surface area contributed by atoms with Gasteiger partial charge < -0.3 is 14.8 Å². The average molecular weight is 330 g/mol. The summed E-state index contributed by atoms with van der Waals surface area (Å²) in [5.41, 5.74) is 0.705.